The van der Waals surface area contributed by atoms with Gasteiger partial charge in [0.05, 0.1) is 0 Å². The minimum absolute atomic E-state index is 0.0510. The summed E-state index contributed by atoms with van der Waals surface area (Å²) >= 11 is 0. The maximum atomic E-state index is 12.1. The molecule has 1 aromatic carbocycles. The number of piperazine rings is 1. The summed E-state index contributed by atoms with van der Waals surface area (Å²) in [7, 11) is 2.16. The van der Waals surface area contributed by atoms with Gasteiger partial charge in [0.1, 0.15) is 5.75 Å². The third-order valence-electron chi connectivity index (χ3n) is 4.22. The molecule has 1 aromatic rings. The summed E-state index contributed by atoms with van der Waals surface area (Å²) in [6.45, 7) is 10.1. The van der Waals surface area contributed by atoms with Crippen molar-refractivity contribution in [3.05, 3.63) is 29.8 Å². The van der Waals surface area contributed by atoms with E-state index < -0.39 is 6.10 Å². The van der Waals surface area contributed by atoms with Crippen LogP contribution in [0.2, 0.25) is 0 Å². The Balaban J connectivity index is 1.62. The smallest absolute Gasteiger partial charge is 0.260 e. The van der Waals surface area contributed by atoms with Crippen LogP contribution in [0.5, 0.6) is 5.75 Å². The van der Waals surface area contributed by atoms with Crippen LogP contribution in [0.4, 0.5) is 0 Å². The predicted octanol–water partition coefficient (Wildman–Crippen LogP) is 1.52. The van der Waals surface area contributed by atoms with E-state index in [1.807, 2.05) is 31.2 Å². The van der Waals surface area contributed by atoms with Crippen LogP contribution in [0.15, 0.2) is 24.3 Å². The molecule has 0 radical (unpaired) electrons. The molecule has 5 nitrogen and oxygen atoms in total. The van der Waals surface area contributed by atoms with Gasteiger partial charge in [-0.25, -0.2) is 0 Å². The van der Waals surface area contributed by atoms with E-state index >= 15 is 0 Å². The molecule has 1 aliphatic rings. The largest absolute Gasteiger partial charge is 0.481 e. The molecule has 1 N–H and O–H groups in total. The minimum atomic E-state index is -0.472. The van der Waals surface area contributed by atoms with Crippen LogP contribution in [-0.4, -0.2) is 68.1 Å². The molecule has 23 heavy (non-hydrogen) atoms. The average molecular weight is 319 g/mol. The minimum Gasteiger partial charge on any atom is -0.481 e. The lowest BCUT2D eigenvalue weighted by Gasteiger charge is -2.32. The van der Waals surface area contributed by atoms with Crippen molar-refractivity contribution in [2.24, 2.45) is 0 Å². The maximum absolute atomic E-state index is 12.1. The van der Waals surface area contributed by atoms with Crippen molar-refractivity contribution in [3.63, 3.8) is 0 Å². The van der Waals surface area contributed by atoms with E-state index in [0.717, 1.165) is 50.5 Å². The number of amides is 1. The molecule has 1 saturated heterocycles. The summed E-state index contributed by atoms with van der Waals surface area (Å²) in [6, 6.07) is 7.77. The number of nitrogens with one attached hydrogen (secondary N) is 1. The van der Waals surface area contributed by atoms with Gasteiger partial charge in [-0.15, -0.1) is 0 Å². The Labute approximate surface area is 139 Å². The van der Waals surface area contributed by atoms with Crippen LogP contribution in [0.25, 0.3) is 0 Å². The number of carbonyl (C=O) groups excluding carboxylic acids is 1. The molecule has 0 unspecified atom stereocenters. The number of hydrogen-bond acceptors (Lipinski definition) is 4. The highest BCUT2D eigenvalue weighted by Gasteiger charge is 2.15. The lowest BCUT2D eigenvalue weighted by Crippen LogP contribution is -2.45. The van der Waals surface area contributed by atoms with E-state index in [1.165, 1.54) is 0 Å². The third kappa shape index (κ3) is 6.20. The van der Waals surface area contributed by atoms with Gasteiger partial charge in [0, 0.05) is 32.7 Å². The quantitative estimate of drug-likeness (QED) is 0.774. The molecule has 128 valence electrons. The van der Waals surface area contributed by atoms with E-state index in [0.29, 0.717) is 6.54 Å². The summed E-state index contributed by atoms with van der Waals surface area (Å²) in [5.41, 5.74) is 1.13. The molecular formula is C18H29N3O2. The van der Waals surface area contributed by atoms with E-state index in [2.05, 4.69) is 22.2 Å². The zero-order valence-corrected chi connectivity index (χ0v) is 14.5. The van der Waals surface area contributed by atoms with Gasteiger partial charge in [-0.05, 0) is 51.6 Å². The van der Waals surface area contributed by atoms with Gasteiger partial charge in [0.25, 0.3) is 5.91 Å². The Kier molecular flexibility index (Phi) is 6.86. The molecule has 1 amide bonds. The van der Waals surface area contributed by atoms with Crippen molar-refractivity contribution in [1.82, 2.24) is 15.1 Å². The van der Waals surface area contributed by atoms with Crippen molar-refractivity contribution in [2.75, 3.05) is 46.3 Å². The fraction of sp³-hybridized carbons (Fsp3) is 0.611. The highest BCUT2D eigenvalue weighted by atomic mass is 16.5. The number of benzene rings is 1. The monoisotopic (exact) mass is 319 g/mol. The highest BCUT2D eigenvalue weighted by molar-refractivity contribution is 5.80. The number of aryl methyl sites for hydroxylation is 1. The van der Waals surface area contributed by atoms with Gasteiger partial charge in [0.15, 0.2) is 6.10 Å². The standard InChI is InChI=1S/C18H29N3O2/c1-15-6-4-7-17(14-15)23-16(2)18(22)19-8-5-9-21-12-10-20(3)11-13-21/h4,6-7,14,16H,5,8-13H2,1-3H3,(H,19,22)/t16-/m1/s1. The molecule has 0 saturated carbocycles. The molecule has 1 fully saturated rings. The number of ether oxygens (including phenoxy) is 1. The van der Waals surface area contributed by atoms with Crippen molar-refractivity contribution >= 4 is 5.91 Å². The van der Waals surface area contributed by atoms with Gasteiger partial charge in [-0.3, -0.25) is 4.79 Å². The molecule has 5 heteroatoms. The second-order valence-electron chi connectivity index (χ2n) is 6.37. The lowest BCUT2D eigenvalue weighted by atomic mass is 10.2. The Hall–Kier alpha value is -1.59. The van der Waals surface area contributed by atoms with Crippen molar-refractivity contribution in [2.45, 2.75) is 26.4 Å². The van der Waals surface area contributed by atoms with Gasteiger partial charge < -0.3 is 19.9 Å². The number of nitrogens with zero attached hydrogens (tertiary/aromatic N) is 2. The number of likely N-dealkylation sites (N-methyl/N-ethyl adjacent to an activating group) is 1. The third-order valence-corrected chi connectivity index (χ3v) is 4.22. The van der Waals surface area contributed by atoms with Crippen LogP contribution in [0.3, 0.4) is 0 Å². The summed E-state index contributed by atoms with van der Waals surface area (Å²) in [4.78, 5) is 16.9. The summed E-state index contributed by atoms with van der Waals surface area (Å²) < 4.78 is 5.69. The summed E-state index contributed by atoms with van der Waals surface area (Å²) in [5.74, 6) is 0.690. The summed E-state index contributed by atoms with van der Waals surface area (Å²) in [6.07, 6.45) is 0.507. The Morgan fingerprint density at radius 1 is 1.30 bits per heavy atom. The number of hydrogen-bond donors (Lipinski definition) is 1. The molecule has 1 atom stereocenters. The maximum Gasteiger partial charge on any atom is 0.260 e. The first-order valence-corrected chi connectivity index (χ1v) is 8.46. The van der Waals surface area contributed by atoms with Crippen LogP contribution in [-0.2, 0) is 4.79 Å². The van der Waals surface area contributed by atoms with Crippen molar-refractivity contribution in [1.29, 1.82) is 0 Å². The Morgan fingerprint density at radius 3 is 2.74 bits per heavy atom. The van der Waals surface area contributed by atoms with Gasteiger partial charge in [0.2, 0.25) is 0 Å². The number of carbonyl (C=O) groups is 1. The first-order valence-electron chi connectivity index (χ1n) is 8.46. The van der Waals surface area contributed by atoms with Crippen LogP contribution in [0, 0.1) is 6.92 Å². The SMILES string of the molecule is Cc1cccc(O[C@H](C)C(=O)NCCCN2CCN(C)CC2)c1. The molecule has 2 rings (SSSR count). The van der Waals surface area contributed by atoms with Gasteiger partial charge in [-0.2, -0.15) is 0 Å². The number of rotatable bonds is 7. The van der Waals surface area contributed by atoms with Gasteiger partial charge in [-0.1, -0.05) is 12.1 Å². The van der Waals surface area contributed by atoms with E-state index in [4.69, 9.17) is 4.74 Å². The molecular weight excluding hydrogens is 290 g/mol. The molecule has 0 aromatic heterocycles. The highest BCUT2D eigenvalue weighted by Crippen LogP contribution is 2.14. The van der Waals surface area contributed by atoms with E-state index in [9.17, 15) is 4.79 Å². The van der Waals surface area contributed by atoms with Crippen molar-refractivity contribution in [3.8, 4) is 5.75 Å². The van der Waals surface area contributed by atoms with E-state index in [-0.39, 0.29) is 5.91 Å². The summed E-state index contributed by atoms with van der Waals surface area (Å²) in [5, 5.41) is 2.96. The van der Waals surface area contributed by atoms with E-state index in [1.54, 1.807) is 6.92 Å². The van der Waals surface area contributed by atoms with Gasteiger partial charge >= 0.3 is 0 Å². The molecule has 0 aliphatic carbocycles. The lowest BCUT2D eigenvalue weighted by molar-refractivity contribution is -0.127. The fourth-order valence-electron chi connectivity index (χ4n) is 2.68. The Morgan fingerprint density at radius 2 is 2.04 bits per heavy atom. The zero-order valence-electron chi connectivity index (χ0n) is 14.5. The second-order valence-corrected chi connectivity index (χ2v) is 6.37. The van der Waals surface area contributed by atoms with Crippen molar-refractivity contribution < 1.29 is 9.53 Å². The molecule has 1 aliphatic heterocycles. The first-order chi connectivity index (χ1) is 11.0. The molecule has 0 spiro atoms. The first kappa shape index (κ1) is 17.8. The van der Waals surface area contributed by atoms with Crippen LogP contribution < -0.4 is 10.1 Å². The molecule has 0 bridgehead atoms. The topological polar surface area (TPSA) is 44.8 Å². The Bertz CT molecular complexity index is 499. The molecule has 1 heterocycles. The average Bonchev–Trinajstić information content (AvgIpc) is 2.53. The zero-order chi connectivity index (χ0) is 16.7. The normalized spacial score (nSPS) is 17.7. The van der Waals surface area contributed by atoms with Crippen LogP contribution >= 0.6 is 0 Å². The fourth-order valence-corrected chi connectivity index (χ4v) is 2.68. The second kappa shape index (κ2) is 8.89. The van der Waals surface area contributed by atoms with Crippen LogP contribution in [0.1, 0.15) is 18.9 Å². The predicted molar refractivity (Wildman–Crippen MR) is 92.8 cm³/mol.